The minimum atomic E-state index is -0.205. The van der Waals surface area contributed by atoms with Gasteiger partial charge in [0.2, 0.25) is 0 Å². The van der Waals surface area contributed by atoms with Crippen molar-refractivity contribution < 1.29 is 4.79 Å². The summed E-state index contributed by atoms with van der Waals surface area (Å²) in [5.41, 5.74) is 1.37. The van der Waals surface area contributed by atoms with Crippen molar-refractivity contribution in [1.82, 2.24) is 9.55 Å². The number of rotatable bonds is 6. The molecule has 0 aliphatic carbocycles. The number of benzene rings is 1. The van der Waals surface area contributed by atoms with E-state index in [-0.39, 0.29) is 11.5 Å². The number of amides is 1. The number of anilines is 1. The zero-order valence-corrected chi connectivity index (χ0v) is 16.7. The number of aryl methyl sites for hydroxylation is 2. The number of fused-ring (bicyclic) bond motifs is 1. The van der Waals surface area contributed by atoms with Crippen molar-refractivity contribution in [3.63, 3.8) is 0 Å². The average molecular weight is 388 g/mol. The number of nitrogens with one attached hydrogen (secondary N) is 1. The summed E-state index contributed by atoms with van der Waals surface area (Å²) in [6.45, 7) is 4.55. The lowest BCUT2D eigenvalue weighted by Crippen LogP contribution is -2.20. The number of thioether (sulfide) groups is 1. The molecule has 136 valence electrons. The van der Waals surface area contributed by atoms with Crippen molar-refractivity contribution in [2.24, 2.45) is 0 Å². The summed E-state index contributed by atoms with van der Waals surface area (Å²) in [5, 5.41) is 3.48. The third-order valence-corrected chi connectivity index (χ3v) is 6.13. The SMILES string of the molecule is CCCCn1cnc2sc(C(=O)Nc3cccc(SC)c3)c(C)c2c1=O. The standard InChI is InChI=1S/C19H21N3O2S2/c1-4-5-9-22-11-20-18-15(19(22)24)12(2)16(26-18)17(23)21-13-7-6-8-14(10-13)25-3/h6-8,10-11H,4-5,9H2,1-3H3,(H,21,23). The number of nitrogens with zero attached hydrogens (tertiary/aromatic N) is 2. The first-order chi connectivity index (χ1) is 12.5. The highest BCUT2D eigenvalue weighted by Gasteiger charge is 2.19. The van der Waals surface area contributed by atoms with E-state index in [1.807, 2.05) is 37.4 Å². The Labute approximate surface area is 160 Å². The van der Waals surface area contributed by atoms with Gasteiger partial charge in [-0.2, -0.15) is 0 Å². The van der Waals surface area contributed by atoms with Gasteiger partial charge < -0.3 is 5.32 Å². The summed E-state index contributed by atoms with van der Waals surface area (Å²) in [5.74, 6) is -0.205. The molecule has 0 spiro atoms. The van der Waals surface area contributed by atoms with Crippen LogP contribution in [0.2, 0.25) is 0 Å². The maximum atomic E-state index is 12.7. The van der Waals surface area contributed by atoms with Crippen LogP contribution in [0.4, 0.5) is 5.69 Å². The third kappa shape index (κ3) is 3.68. The van der Waals surface area contributed by atoms with Gasteiger partial charge in [0.15, 0.2) is 0 Å². The van der Waals surface area contributed by atoms with Crippen LogP contribution in [0.25, 0.3) is 10.2 Å². The molecular formula is C19H21N3O2S2. The summed E-state index contributed by atoms with van der Waals surface area (Å²) in [7, 11) is 0. The van der Waals surface area contributed by atoms with Crippen molar-refractivity contribution in [3.8, 4) is 0 Å². The lowest BCUT2D eigenvalue weighted by atomic mass is 10.2. The fourth-order valence-electron chi connectivity index (χ4n) is 2.75. The molecule has 0 fully saturated rings. The molecule has 1 aromatic carbocycles. The van der Waals surface area contributed by atoms with Crippen molar-refractivity contribution in [2.75, 3.05) is 11.6 Å². The van der Waals surface area contributed by atoms with Gasteiger partial charge in [0.25, 0.3) is 11.5 Å². The quantitative estimate of drug-likeness (QED) is 0.631. The molecule has 0 radical (unpaired) electrons. The Bertz CT molecular complexity index is 1010. The van der Waals surface area contributed by atoms with E-state index in [1.54, 1.807) is 22.7 Å². The van der Waals surface area contributed by atoms with Gasteiger partial charge in [-0.25, -0.2) is 4.98 Å². The maximum absolute atomic E-state index is 12.7. The first-order valence-corrected chi connectivity index (χ1v) is 10.5. The third-order valence-electron chi connectivity index (χ3n) is 4.20. The number of thiophene rings is 1. The van der Waals surface area contributed by atoms with Crippen LogP contribution in [-0.4, -0.2) is 21.7 Å². The van der Waals surface area contributed by atoms with Crippen LogP contribution in [0.3, 0.4) is 0 Å². The second kappa shape index (κ2) is 8.05. The molecule has 26 heavy (non-hydrogen) atoms. The van der Waals surface area contributed by atoms with E-state index in [1.165, 1.54) is 11.3 Å². The minimum absolute atomic E-state index is 0.0689. The molecule has 3 aromatic rings. The van der Waals surface area contributed by atoms with Crippen LogP contribution in [0, 0.1) is 6.92 Å². The van der Waals surface area contributed by atoms with Crippen LogP contribution >= 0.6 is 23.1 Å². The molecule has 7 heteroatoms. The fourth-order valence-corrected chi connectivity index (χ4v) is 4.25. The first kappa shape index (κ1) is 18.7. The van der Waals surface area contributed by atoms with Gasteiger partial charge in [-0.05, 0) is 43.4 Å². The van der Waals surface area contributed by atoms with Crippen molar-refractivity contribution in [1.29, 1.82) is 0 Å². The summed E-state index contributed by atoms with van der Waals surface area (Å²) in [6, 6.07) is 7.69. The van der Waals surface area contributed by atoms with E-state index < -0.39 is 0 Å². The normalized spacial score (nSPS) is 11.0. The lowest BCUT2D eigenvalue weighted by molar-refractivity contribution is 0.103. The zero-order valence-electron chi connectivity index (χ0n) is 15.0. The molecule has 0 atom stereocenters. The Kier molecular flexibility index (Phi) is 5.78. The Morgan fingerprint density at radius 3 is 2.92 bits per heavy atom. The molecule has 1 N–H and O–H groups in total. The molecule has 0 aliphatic heterocycles. The molecule has 0 aliphatic rings. The molecule has 0 unspecified atom stereocenters. The van der Waals surface area contributed by atoms with E-state index >= 15 is 0 Å². The van der Waals surface area contributed by atoms with E-state index in [0.717, 1.165) is 23.4 Å². The van der Waals surface area contributed by atoms with Crippen LogP contribution in [0.15, 0.2) is 40.3 Å². The number of hydrogen-bond donors (Lipinski definition) is 1. The summed E-state index contributed by atoms with van der Waals surface area (Å²) < 4.78 is 1.63. The highest BCUT2D eigenvalue weighted by molar-refractivity contribution is 7.98. The molecule has 0 saturated heterocycles. The molecule has 1 amide bonds. The van der Waals surface area contributed by atoms with E-state index in [2.05, 4.69) is 17.2 Å². The van der Waals surface area contributed by atoms with Gasteiger partial charge in [0, 0.05) is 17.1 Å². The Balaban J connectivity index is 1.94. The molecule has 5 nitrogen and oxygen atoms in total. The van der Waals surface area contributed by atoms with Crippen molar-refractivity contribution >= 4 is 44.9 Å². The predicted molar refractivity (Wildman–Crippen MR) is 110 cm³/mol. The lowest BCUT2D eigenvalue weighted by Gasteiger charge is -2.06. The van der Waals surface area contributed by atoms with E-state index in [9.17, 15) is 9.59 Å². The number of carbonyl (C=O) groups is 1. The molecule has 2 aromatic heterocycles. The van der Waals surface area contributed by atoms with Crippen LogP contribution < -0.4 is 10.9 Å². The zero-order chi connectivity index (χ0) is 18.7. The van der Waals surface area contributed by atoms with Gasteiger partial charge in [-0.3, -0.25) is 14.2 Å². The topological polar surface area (TPSA) is 64.0 Å². The number of aromatic nitrogens is 2. The van der Waals surface area contributed by atoms with Crippen LogP contribution in [0.5, 0.6) is 0 Å². The molecule has 2 heterocycles. The van der Waals surface area contributed by atoms with Crippen LogP contribution in [0.1, 0.15) is 35.0 Å². The second-order valence-electron chi connectivity index (χ2n) is 6.02. The Morgan fingerprint density at radius 1 is 1.38 bits per heavy atom. The van der Waals surface area contributed by atoms with Gasteiger partial charge in [-0.15, -0.1) is 23.1 Å². The maximum Gasteiger partial charge on any atom is 0.266 e. The minimum Gasteiger partial charge on any atom is -0.321 e. The molecule has 3 rings (SSSR count). The summed E-state index contributed by atoms with van der Waals surface area (Å²) >= 11 is 2.89. The van der Waals surface area contributed by atoms with Gasteiger partial charge in [0.05, 0.1) is 16.6 Å². The first-order valence-electron chi connectivity index (χ1n) is 8.49. The summed E-state index contributed by atoms with van der Waals surface area (Å²) in [6.07, 6.45) is 5.51. The number of carbonyl (C=O) groups excluding carboxylic acids is 1. The van der Waals surface area contributed by atoms with E-state index in [0.29, 0.717) is 27.2 Å². The molecule has 0 saturated carbocycles. The van der Waals surface area contributed by atoms with Gasteiger partial charge >= 0.3 is 0 Å². The fraction of sp³-hybridized carbons (Fsp3) is 0.316. The van der Waals surface area contributed by atoms with E-state index in [4.69, 9.17) is 0 Å². The average Bonchev–Trinajstić information content (AvgIpc) is 2.99. The second-order valence-corrected chi connectivity index (χ2v) is 7.90. The Hall–Kier alpha value is -2.12. The monoisotopic (exact) mass is 387 g/mol. The molecular weight excluding hydrogens is 366 g/mol. The summed E-state index contributed by atoms with van der Waals surface area (Å²) in [4.78, 5) is 32.1. The largest absolute Gasteiger partial charge is 0.321 e. The van der Waals surface area contributed by atoms with Crippen LogP contribution in [-0.2, 0) is 6.54 Å². The highest BCUT2D eigenvalue weighted by atomic mass is 32.2. The van der Waals surface area contributed by atoms with Crippen molar-refractivity contribution in [2.45, 2.75) is 38.1 Å². The highest BCUT2D eigenvalue weighted by Crippen LogP contribution is 2.28. The number of hydrogen-bond acceptors (Lipinski definition) is 5. The predicted octanol–water partition coefficient (Wildman–Crippen LogP) is 4.54. The smallest absolute Gasteiger partial charge is 0.266 e. The van der Waals surface area contributed by atoms with Crippen molar-refractivity contribution in [3.05, 3.63) is 51.4 Å². The Morgan fingerprint density at radius 2 is 2.19 bits per heavy atom. The van der Waals surface area contributed by atoms with Gasteiger partial charge in [0.1, 0.15) is 4.83 Å². The number of unbranched alkanes of at least 4 members (excludes halogenated alkanes) is 1. The van der Waals surface area contributed by atoms with Gasteiger partial charge in [-0.1, -0.05) is 19.4 Å². The molecule has 0 bridgehead atoms.